The highest BCUT2D eigenvalue weighted by molar-refractivity contribution is 6.05. The number of carbonyl (C=O) groups excluding carboxylic acids is 3. The Hall–Kier alpha value is -5.64. The minimum absolute atomic E-state index is 0.00590. The van der Waals surface area contributed by atoms with Crippen LogP contribution in [0.4, 0.5) is 5.69 Å². The number of nitrogens with zero attached hydrogens (tertiary/aromatic N) is 2. The van der Waals surface area contributed by atoms with Crippen LogP contribution < -0.4 is 25.1 Å². The van der Waals surface area contributed by atoms with Crippen molar-refractivity contribution in [1.82, 2.24) is 10.7 Å². The summed E-state index contributed by atoms with van der Waals surface area (Å²) in [6.45, 7) is 0. The van der Waals surface area contributed by atoms with E-state index in [1.54, 1.807) is 54.6 Å². The quantitative estimate of drug-likeness (QED) is 0.0977. The van der Waals surface area contributed by atoms with Gasteiger partial charge < -0.3 is 24.1 Å². The fourth-order valence-corrected chi connectivity index (χ4v) is 3.60. The van der Waals surface area contributed by atoms with Gasteiger partial charge in [0.05, 0.1) is 19.6 Å². The molecule has 0 atom stereocenters. The normalized spacial score (nSPS) is 11.1. The van der Waals surface area contributed by atoms with Gasteiger partial charge in [-0.05, 0) is 71.8 Å². The zero-order valence-electron chi connectivity index (χ0n) is 22.7. The lowest BCUT2D eigenvalue weighted by atomic mass is 10.1. The lowest BCUT2D eigenvalue weighted by Gasteiger charge is -2.12. The van der Waals surface area contributed by atoms with Gasteiger partial charge >= 0.3 is 5.97 Å². The summed E-state index contributed by atoms with van der Waals surface area (Å²) in [5.74, 6) is -1.22. The number of amides is 2. The first-order valence-electron chi connectivity index (χ1n) is 12.5. The Bertz CT molecular complexity index is 1560. The number of hydrazone groups is 1. The number of rotatable bonds is 10. The minimum atomic E-state index is -0.671. The Morgan fingerprint density at radius 3 is 2.27 bits per heavy atom. The SMILES string of the molecule is COc1cc(/C=N/NC(=O)/C(=C\c2ccc(N(C)C)cc2)NC(=O)c2ccccc2)ccc1OC(=O)c1ccco1. The molecule has 1 heterocycles. The molecule has 0 aliphatic rings. The molecule has 0 aliphatic heterocycles. The maximum Gasteiger partial charge on any atom is 0.379 e. The standard InChI is InChI=1S/C31H28N4O6/c1-35(2)24-14-11-21(12-15-24)18-25(33-29(36)23-8-5-4-6-9-23)30(37)34-32-20-22-13-16-26(28(19-22)39-3)41-31(38)27-10-7-17-40-27/h4-20H,1-3H3,(H,33,36)(H,34,37)/b25-18+,32-20+. The summed E-state index contributed by atoms with van der Waals surface area (Å²) in [4.78, 5) is 40.1. The third kappa shape index (κ3) is 7.70. The van der Waals surface area contributed by atoms with Crippen LogP contribution in [0.1, 0.15) is 32.0 Å². The van der Waals surface area contributed by atoms with Gasteiger partial charge in [-0.2, -0.15) is 5.10 Å². The molecule has 0 unspecified atom stereocenters. The summed E-state index contributed by atoms with van der Waals surface area (Å²) in [7, 11) is 5.29. The molecular formula is C31H28N4O6. The summed E-state index contributed by atoms with van der Waals surface area (Å²) in [6, 6.07) is 23.9. The smallest absolute Gasteiger partial charge is 0.379 e. The van der Waals surface area contributed by atoms with Crippen molar-refractivity contribution in [2.45, 2.75) is 0 Å². The van der Waals surface area contributed by atoms with E-state index in [2.05, 4.69) is 15.8 Å². The van der Waals surface area contributed by atoms with Crippen molar-refractivity contribution in [3.05, 3.63) is 119 Å². The number of anilines is 1. The molecule has 10 heteroatoms. The van der Waals surface area contributed by atoms with E-state index in [9.17, 15) is 14.4 Å². The van der Waals surface area contributed by atoms with Gasteiger partial charge in [0.25, 0.3) is 11.8 Å². The van der Waals surface area contributed by atoms with E-state index < -0.39 is 17.8 Å². The summed E-state index contributed by atoms with van der Waals surface area (Å²) in [5.41, 5.74) is 5.10. The number of hydrogen-bond acceptors (Lipinski definition) is 8. The second kappa shape index (κ2) is 13.4. The fraction of sp³-hybridized carbons (Fsp3) is 0.0968. The van der Waals surface area contributed by atoms with E-state index in [1.807, 2.05) is 43.3 Å². The van der Waals surface area contributed by atoms with Crippen LogP contribution in [0.25, 0.3) is 6.08 Å². The molecule has 1 aromatic heterocycles. The van der Waals surface area contributed by atoms with Crippen LogP contribution in [-0.2, 0) is 4.79 Å². The van der Waals surface area contributed by atoms with Gasteiger partial charge in [0.15, 0.2) is 11.5 Å². The summed E-state index contributed by atoms with van der Waals surface area (Å²) in [5, 5.41) is 6.70. The second-order valence-corrected chi connectivity index (χ2v) is 8.84. The molecule has 0 aliphatic carbocycles. The lowest BCUT2D eigenvalue weighted by Crippen LogP contribution is -2.32. The zero-order valence-corrected chi connectivity index (χ0v) is 22.7. The highest BCUT2D eigenvalue weighted by Crippen LogP contribution is 2.28. The number of methoxy groups -OCH3 is 1. The topological polar surface area (TPSA) is 122 Å². The average molecular weight is 553 g/mol. The van der Waals surface area contributed by atoms with E-state index in [1.165, 1.54) is 31.7 Å². The Balaban J connectivity index is 1.49. The molecule has 0 spiro atoms. The van der Waals surface area contributed by atoms with E-state index in [0.29, 0.717) is 16.7 Å². The molecule has 208 valence electrons. The van der Waals surface area contributed by atoms with Crippen molar-refractivity contribution >= 4 is 35.8 Å². The molecule has 3 aromatic carbocycles. The van der Waals surface area contributed by atoms with Crippen molar-refractivity contribution in [3.63, 3.8) is 0 Å². The second-order valence-electron chi connectivity index (χ2n) is 8.84. The van der Waals surface area contributed by atoms with Gasteiger partial charge in [-0.3, -0.25) is 9.59 Å². The third-order valence-electron chi connectivity index (χ3n) is 5.74. The van der Waals surface area contributed by atoms with Gasteiger partial charge in [-0.15, -0.1) is 0 Å². The first-order valence-corrected chi connectivity index (χ1v) is 12.5. The third-order valence-corrected chi connectivity index (χ3v) is 5.74. The van der Waals surface area contributed by atoms with Gasteiger partial charge in [0.2, 0.25) is 5.76 Å². The summed E-state index contributed by atoms with van der Waals surface area (Å²) in [6.07, 6.45) is 4.33. The first kappa shape index (κ1) is 28.4. The first-order chi connectivity index (χ1) is 19.8. The fourth-order valence-electron chi connectivity index (χ4n) is 3.60. The number of ether oxygens (including phenoxy) is 2. The maximum atomic E-state index is 13.1. The minimum Gasteiger partial charge on any atom is -0.493 e. The maximum absolute atomic E-state index is 13.1. The van der Waals surface area contributed by atoms with E-state index >= 15 is 0 Å². The van der Waals surface area contributed by atoms with Gasteiger partial charge in [0, 0.05) is 25.3 Å². The number of hydrogen-bond donors (Lipinski definition) is 2. The number of esters is 1. The van der Waals surface area contributed by atoms with Crippen molar-refractivity contribution < 1.29 is 28.3 Å². The monoisotopic (exact) mass is 552 g/mol. The van der Waals surface area contributed by atoms with Crippen LogP contribution in [-0.4, -0.2) is 45.2 Å². The van der Waals surface area contributed by atoms with Gasteiger partial charge in [0.1, 0.15) is 5.70 Å². The Morgan fingerprint density at radius 1 is 0.878 bits per heavy atom. The molecule has 0 radical (unpaired) electrons. The summed E-state index contributed by atoms with van der Waals surface area (Å²) >= 11 is 0. The average Bonchev–Trinajstić information content (AvgIpc) is 3.53. The van der Waals surface area contributed by atoms with E-state index in [0.717, 1.165) is 5.69 Å². The Labute approximate surface area is 236 Å². The number of carbonyl (C=O) groups is 3. The van der Waals surface area contributed by atoms with E-state index in [-0.39, 0.29) is 23.0 Å². The molecule has 4 rings (SSSR count). The van der Waals surface area contributed by atoms with E-state index in [4.69, 9.17) is 13.9 Å². The van der Waals surface area contributed by atoms with Crippen LogP contribution in [0.15, 0.2) is 106 Å². The van der Waals surface area contributed by atoms with Crippen molar-refractivity contribution in [3.8, 4) is 11.5 Å². The molecule has 0 fully saturated rings. The summed E-state index contributed by atoms with van der Waals surface area (Å²) < 4.78 is 15.7. The predicted octanol–water partition coefficient (Wildman–Crippen LogP) is 4.49. The molecule has 0 saturated heterocycles. The van der Waals surface area contributed by atoms with Crippen molar-refractivity contribution in [1.29, 1.82) is 0 Å². The number of nitrogens with one attached hydrogen (secondary N) is 2. The molecule has 41 heavy (non-hydrogen) atoms. The Kier molecular flexibility index (Phi) is 9.29. The zero-order chi connectivity index (χ0) is 29.2. The Morgan fingerprint density at radius 2 is 1.61 bits per heavy atom. The molecule has 2 amide bonds. The number of benzene rings is 3. The van der Waals surface area contributed by atoms with Crippen LogP contribution >= 0.6 is 0 Å². The molecule has 0 saturated carbocycles. The highest BCUT2D eigenvalue weighted by atomic mass is 16.6. The molecule has 4 aromatic rings. The van der Waals surface area contributed by atoms with Gasteiger partial charge in [-0.25, -0.2) is 10.2 Å². The van der Waals surface area contributed by atoms with Gasteiger partial charge in [-0.1, -0.05) is 30.3 Å². The van der Waals surface area contributed by atoms with Crippen LogP contribution in [0, 0.1) is 0 Å². The van der Waals surface area contributed by atoms with Crippen molar-refractivity contribution in [2.75, 3.05) is 26.1 Å². The van der Waals surface area contributed by atoms with Crippen LogP contribution in [0.3, 0.4) is 0 Å². The largest absolute Gasteiger partial charge is 0.493 e. The van der Waals surface area contributed by atoms with Crippen LogP contribution in [0.2, 0.25) is 0 Å². The lowest BCUT2D eigenvalue weighted by molar-refractivity contribution is -0.117. The molecular weight excluding hydrogens is 524 g/mol. The number of furan rings is 1. The molecule has 0 bridgehead atoms. The van der Waals surface area contributed by atoms with Crippen molar-refractivity contribution in [2.24, 2.45) is 5.10 Å². The molecule has 10 nitrogen and oxygen atoms in total. The van der Waals surface area contributed by atoms with Crippen LogP contribution in [0.5, 0.6) is 11.5 Å². The highest BCUT2D eigenvalue weighted by Gasteiger charge is 2.16. The molecule has 2 N–H and O–H groups in total. The predicted molar refractivity (Wildman–Crippen MR) is 155 cm³/mol.